The second kappa shape index (κ2) is 8.27. The highest BCUT2D eigenvalue weighted by Crippen LogP contribution is 2.36. The summed E-state index contributed by atoms with van der Waals surface area (Å²) in [5.74, 6) is 0.0919. The smallest absolute Gasteiger partial charge is 0.246 e. The van der Waals surface area contributed by atoms with Crippen LogP contribution in [-0.2, 0) is 4.79 Å². The third kappa shape index (κ3) is 4.67. The Balaban J connectivity index is 2.14. The van der Waals surface area contributed by atoms with Crippen molar-refractivity contribution in [3.63, 3.8) is 0 Å². The van der Waals surface area contributed by atoms with E-state index in [4.69, 9.17) is 32.7 Å². The van der Waals surface area contributed by atoms with Gasteiger partial charge in [0, 0.05) is 6.07 Å². The van der Waals surface area contributed by atoms with Crippen molar-refractivity contribution in [2.45, 2.75) is 13.0 Å². The van der Waals surface area contributed by atoms with E-state index < -0.39 is 11.9 Å². The number of halogens is 3. The van der Waals surface area contributed by atoms with Crippen LogP contribution in [0.25, 0.3) is 0 Å². The van der Waals surface area contributed by atoms with Gasteiger partial charge in [0.2, 0.25) is 5.91 Å². The van der Waals surface area contributed by atoms with Crippen LogP contribution in [0.1, 0.15) is 6.92 Å². The van der Waals surface area contributed by atoms with Crippen molar-refractivity contribution in [3.05, 3.63) is 46.2 Å². The summed E-state index contributed by atoms with van der Waals surface area (Å²) in [5, 5.41) is 6.14. The third-order valence-electron chi connectivity index (χ3n) is 3.43. The van der Waals surface area contributed by atoms with E-state index in [0.717, 1.165) is 6.07 Å². The maximum Gasteiger partial charge on any atom is 0.246 e. The molecule has 1 atom stereocenters. The molecule has 0 saturated carbocycles. The molecule has 134 valence electrons. The van der Waals surface area contributed by atoms with Gasteiger partial charge in [0.15, 0.2) is 0 Å². The van der Waals surface area contributed by atoms with Crippen LogP contribution in [0, 0.1) is 5.82 Å². The minimum absolute atomic E-state index is 0.116. The Morgan fingerprint density at radius 2 is 1.72 bits per heavy atom. The van der Waals surface area contributed by atoms with Gasteiger partial charge in [-0.1, -0.05) is 23.2 Å². The molecule has 2 aromatic carbocycles. The Kier molecular flexibility index (Phi) is 6.33. The number of hydrogen-bond acceptors (Lipinski definition) is 4. The quantitative estimate of drug-likeness (QED) is 0.761. The summed E-state index contributed by atoms with van der Waals surface area (Å²) in [7, 11) is 2.99. The molecule has 0 aromatic heterocycles. The predicted molar refractivity (Wildman–Crippen MR) is 97.7 cm³/mol. The zero-order valence-electron chi connectivity index (χ0n) is 13.8. The SMILES string of the molecule is COc1cc(OC)c(NC(C)C(=O)Nc2ccc(F)cc2Cl)cc1Cl. The molecule has 0 aliphatic rings. The second-order valence-electron chi connectivity index (χ2n) is 5.17. The topological polar surface area (TPSA) is 59.6 Å². The van der Waals surface area contributed by atoms with Gasteiger partial charge in [0.25, 0.3) is 0 Å². The van der Waals surface area contributed by atoms with Gasteiger partial charge < -0.3 is 20.1 Å². The number of carbonyl (C=O) groups excluding carboxylic acids is 1. The van der Waals surface area contributed by atoms with E-state index in [1.807, 2.05) is 0 Å². The van der Waals surface area contributed by atoms with E-state index in [2.05, 4.69) is 10.6 Å². The number of carbonyl (C=O) groups is 1. The highest BCUT2D eigenvalue weighted by atomic mass is 35.5. The lowest BCUT2D eigenvalue weighted by molar-refractivity contribution is -0.116. The lowest BCUT2D eigenvalue weighted by Gasteiger charge is -2.19. The molecule has 0 saturated heterocycles. The molecule has 2 N–H and O–H groups in total. The molecular formula is C17H17Cl2FN2O3. The third-order valence-corrected chi connectivity index (χ3v) is 4.04. The van der Waals surface area contributed by atoms with Gasteiger partial charge in [-0.2, -0.15) is 0 Å². The highest BCUT2D eigenvalue weighted by molar-refractivity contribution is 6.33. The minimum atomic E-state index is -0.639. The number of nitrogens with one attached hydrogen (secondary N) is 2. The molecule has 8 heteroatoms. The largest absolute Gasteiger partial charge is 0.495 e. The lowest BCUT2D eigenvalue weighted by atomic mass is 10.2. The van der Waals surface area contributed by atoms with Crippen molar-refractivity contribution < 1.29 is 18.7 Å². The number of benzene rings is 2. The molecule has 0 radical (unpaired) electrons. The maximum absolute atomic E-state index is 13.1. The molecule has 2 aromatic rings. The molecular weight excluding hydrogens is 370 g/mol. The van der Waals surface area contributed by atoms with Gasteiger partial charge in [-0.15, -0.1) is 0 Å². The summed E-state index contributed by atoms with van der Waals surface area (Å²) in [4.78, 5) is 12.3. The highest BCUT2D eigenvalue weighted by Gasteiger charge is 2.18. The summed E-state index contributed by atoms with van der Waals surface area (Å²) in [5.41, 5.74) is 0.850. The van der Waals surface area contributed by atoms with Crippen molar-refractivity contribution in [2.24, 2.45) is 0 Å². The van der Waals surface area contributed by atoms with Gasteiger partial charge in [-0.3, -0.25) is 4.79 Å². The summed E-state index contributed by atoms with van der Waals surface area (Å²) in [6.45, 7) is 1.66. The summed E-state index contributed by atoms with van der Waals surface area (Å²) in [6, 6.07) is 6.32. The molecule has 0 spiro atoms. The van der Waals surface area contributed by atoms with E-state index in [9.17, 15) is 9.18 Å². The number of methoxy groups -OCH3 is 2. The zero-order chi connectivity index (χ0) is 18.6. The van der Waals surface area contributed by atoms with Crippen LogP contribution in [0.5, 0.6) is 11.5 Å². The fraction of sp³-hybridized carbons (Fsp3) is 0.235. The Morgan fingerprint density at radius 3 is 2.32 bits per heavy atom. The normalized spacial score (nSPS) is 11.6. The van der Waals surface area contributed by atoms with Crippen LogP contribution in [0.15, 0.2) is 30.3 Å². The van der Waals surface area contributed by atoms with Gasteiger partial charge in [-0.05, 0) is 31.2 Å². The number of anilines is 2. The molecule has 0 heterocycles. The van der Waals surface area contributed by atoms with Crippen LogP contribution < -0.4 is 20.1 Å². The van der Waals surface area contributed by atoms with E-state index in [1.54, 1.807) is 19.1 Å². The summed E-state index contributed by atoms with van der Waals surface area (Å²) >= 11 is 12.0. The van der Waals surface area contributed by atoms with Crippen molar-refractivity contribution in [2.75, 3.05) is 24.9 Å². The van der Waals surface area contributed by atoms with E-state index in [-0.39, 0.29) is 10.9 Å². The van der Waals surface area contributed by atoms with Crippen LogP contribution >= 0.6 is 23.2 Å². The lowest BCUT2D eigenvalue weighted by Crippen LogP contribution is -2.32. The number of amides is 1. The molecule has 0 aliphatic heterocycles. The molecule has 0 aliphatic carbocycles. The van der Waals surface area contributed by atoms with Crippen LogP contribution in [0.2, 0.25) is 10.0 Å². The standard InChI is InChI=1S/C17H17Cl2FN2O3/c1-9(17(23)22-13-5-4-10(20)6-11(13)18)21-14-7-12(19)15(24-2)8-16(14)25-3/h4-9,21H,1-3H3,(H,22,23). The first-order valence-corrected chi connectivity index (χ1v) is 8.05. The fourth-order valence-electron chi connectivity index (χ4n) is 2.10. The monoisotopic (exact) mass is 386 g/mol. The Morgan fingerprint density at radius 1 is 1.04 bits per heavy atom. The first-order valence-electron chi connectivity index (χ1n) is 7.29. The first kappa shape index (κ1) is 19.1. The van der Waals surface area contributed by atoms with Gasteiger partial charge >= 0.3 is 0 Å². The van der Waals surface area contributed by atoms with Crippen molar-refractivity contribution >= 4 is 40.5 Å². The molecule has 1 unspecified atom stereocenters. The Labute approximate surface area is 155 Å². The van der Waals surface area contributed by atoms with Crippen molar-refractivity contribution in [1.29, 1.82) is 0 Å². The second-order valence-corrected chi connectivity index (χ2v) is 5.98. The molecule has 1 amide bonds. The minimum Gasteiger partial charge on any atom is -0.495 e. The van der Waals surface area contributed by atoms with Crippen molar-refractivity contribution in [1.82, 2.24) is 0 Å². The van der Waals surface area contributed by atoms with Gasteiger partial charge in [-0.25, -0.2) is 4.39 Å². The maximum atomic E-state index is 13.1. The number of ether oxygens (including phenoxy) is 2. The van der Waals surface area contributed by atoms with Crippen LogP contribution in [-0.4, -0.2) is 26.2 Å². The molecule has 0 bridgehead atoms. The van der Waals surface area contributed by atoms with Gasteiger partial charge in [0.05, 0.1) is 35.6 Å². The molecule has 25 heavy (non-hydrogen) atoms. The van der Waals surface area contributed by atoms with Crippen LogP contribution in [0.3, 0.4) is 0 Å². The first-order chi connectivity index (χ1) is 11.8. The van der Waals surface area contributed by atoms with E-state index in [1.165, 1.54) is 26.4 Å². The molecule has 0 fully saturated rings. The van der Waals surface area contributed by atoms with E-state index in [0.29, 0.717) is 27.9 Å². The van der Waals surface area contributed by atoms with E-state index >= 15 is 0 Å². The molecule has 5 nitrogen and oxygen atoms in total. The average Bonchev–Trinajstić information content (AvgIpc) is 2.57. The average molecular weight is 387 g/mol. The number of rotatable bonds is 6. The fourth-order valence-corrected chi connectivity index (χ4v) is 2.56. The van der Waals surface area contributed by atoms with Gasteiger partial charge in [0.1, 0.15) is 23.4 Å². The Bertz CT molecular complexity index is 787. The predicted octanol–water partition coefficient (Wildman–Crippen LogP) is 4.59. The summed E-state index contributed by atoms with van der Waals surface area (Å²) in [6.07, 6.45) is 0. The van der Waals surface area contributed by atoms with Crippen LogP contribution in [0.4, 0.5) is 15.8 Å². The summed E-state index contributed by atoms with van der Waals surface area (Å²) < 4.78 is 23.5. The zero-order valence-corrected chi connectivity index (χ0v) is 15.3. The van der Waals surface area contributed by atoms with Crippen molar-refractivity contribution in [3.8, 4) is 11.5 Å². The number of hydrogen-bond donors (Lipinski definition) is 2. The Hall–Kier alpha value is -2.18. The molecule has 2 rings (SSSR count).